The average molecular weight is 728 g/mol. The summed E-state index contributed by atoms with van der Waals surface area (Å²) in [5, 5.41) is 54.0. The van der Waals surface area contributed by atoms with E-state index in [9.17, 15) is 30.3 Å². The highest BCUT2D eigenvalue weighted by atomic mass is 16.7. The highest BCUT2D eigenvalue weighted by molar-refractivity contribution is 5.76. The van der Waals surface area contributed by atoms with Gasteiger partial charge < -0.3 is 40.3 Å². The lowest BCUT2D eigenvalue weighted by Gasteiger charge is -2.40. The molecule has 0 radical (unpaired) electrons. The number of nitrogens with one attached hydrogen (secondary N) is 1. The molecule has 0 aliphatic carbocycles. The summed E-state index contributed by atoms with van der Waals surface area (Å²) in [6.45, 7) is 3.76. The van der Waals surface area contributed by atoms with E-state index < -0.39 is 49.5 Å². The van der Waals surface area contributed by atoms with Gasteiger partial charge in [-0.05, 0) is 19.3 Å². The van der Waals surface area contributed by atoms with Gasteiger partial charge >= 0.3 is 0 Å². The molecule has 0 aromatic rings. The Morgan fingerprint density at radius 1 is 0.647 bits per heavy atom. The van der Waals surface area contributed by atoms with E-state index in [1.165, 1.54) is 135 Å². The molecule has 1 heterocycles. The maximum atomic E-state index is 12.9. The normalized spacial score (nSPS) is 22.1. The molecule has 302 valence electrons. The van der Waals surface area contributed by atoms with Gasteiger partial charge in [-0.15, -0.1) is 0 Å². The van der Waals surface area contributed by atoms with Crippen molar-refractivity contribution in [3.8, 4) is 0 Å². The van der Waals surface area contributed by atoms with Crippen molar-refractivity contribution in [3.05, 3.63) is 12.2 Å². The van der Waals surface area contributed by atoms with E-state index in [4.69, 9.17) is 9.47 Å². The van der Waals surface area contributed by atoms with Gasteiger partial charge in [0, 0.05) is 6.42 Å². The number of hydrogen-bond donors (Lipinski definition) is 6. The fourth-order valence-electron chi connectivity index (χ4n) is 6.86. The maximum Gasteiger partial charge on any atom is 0.220 e. The average Bonchev–Trinajstić information content (AvgIpc) is 3.13. The monoisotopic (exact) mass is 728 g/mol. The van der Waals surface area contributed by atoms with Crippen molar-refractivity contribution in [1.82, 2.24) is 5.32 Å². The zero-order chi connectivity index (χ0) is 37.4. The number of carbonyl (C=O) groups excluding carboxylic acids is 1. The van der Waals surface area contributed by atoms with E-state index in [1.807, 2.05) is 6.08 Å². The first kappa shape index (κ1) is 48.0. The van der Waals surface area contributed by atoms with Crippen LogP contribution in [0.25, 0.3) is 0 Å². The number of allylic oxidation sites excluding steroid dienone is 1. The highest BCUT2D eigenvalue weighted by Crippen LogP contribution is 2.22. The first-order chi connectivity index (χ1) is 24.8. The molecule has 1 aliphatic rings. The molecule has 9 nitrogen and oxygen atoms in total. The Hall–Kier alpha value is -1.07. The van der Waals surface area contributed by atoms with Crippen molar-refractivity contribution in [2.24, 2.45) is 0 Å². The number of ether oxygens (including phenoxy) is 2. The molecule has 0 bridgehead atoms. The molecule has 0 unspecified atom stereocenters. The minimum Gasteiger partial charge on any atom is -0.394 e. The lowest BCUT2D eigenvalue weighted by atomic mass is 9.99. The number of unbranched alkanes of at least 4 members (excludes halogenated alkanes) is 25. The van der Waals surface area contributed by atoms with E-state index in [-0.39, 0.29) is 12.5 Å². The number of hydrogen-bond acceptors (Lipinski definition) is 8. The zero-order valence-corrected chi connectivity index (χ0v) is 32.9. The molecule has 6 N–H and O–H groups in total. The largest absolute Gasteiger partial charge is 0.394 e. The fourth-order valence-corrected chi connectivity index (χ4v) is 6.86. The Morgan fingerprint density at radius 3 is 1.53 bits per heavy atom. The van der Waals surface area contributed by atoms with E-state index >= 15 is 0 Å². The van der Waals surface area contributed by atoms with Crippen molar-refractivity contribution in [3.63, 3.8) is 0 Å². The number of aliphatic hydroxyl groups is 5. The summed E-state index contributed by atoms with van der Waals surface area (Å²) in [6, 6.07) is -0.796. The van der Waals surface area contributed by atoms with Crippen LogP contribution in [0.3, 0.4) is 0 Å². The lowest BCUT2D eigenvalue weighted by molar-refractivity contribution is -0.302. The molecule has 1 aliphatic heterocycles. The van der Waals surface area contributed by atoms with Crippen LogP contribution in [-0.2, 0) is 14.3 Å². The standard InChI is InChI=1S/C42H81NO8/c1-3-5-7-9-11-13-15-17-18-20-22-24-26-28-30-32-38(46)43-35(34-50-42-41(49)40(48)39(47)37(33-44)51-42)36(45)31-29-27-25-23-21-19-16-14-12-10-8-6-4-2/h29,31,35-37,39-42,44-45,47-49H,3-28,30,32-34H2,1-2H3,(H,43,46)/b31-29+/t35-,36+,37+,39+,40-,41+,42-/m0/s1. The second kappa shape index (κ2) is 33.5. The lowest BCUT2D eigenvalue weighted by Crippen LogP contribution is -2.60. The van der Waals surface area contributed by atoms with Crippen LogP contribution in [0, 0.1) is 0 Å². The predicted molar refractivity (Wildman–Crippen MR) is 207 cm³/mol. The molecule has 0 saturated carbocycles. The topological polar surface area (TPSA) is 149 Å². The van der Waals surface area contributed by atoms with Crippen molar-refractivity contribution < 1.29 is 39.8 Å². The molecular weight excluding hydrogens is 646 g/mol. The number of amides is 1. The molecule has 0 aromatic carbocycles. The van der Waals surface area contributed by atoms with E-state index in [1.54, 1.807) is 6.08 Å². The predicted octanol–water partition coefficient (Wildman–Crippen LogP) is 8.17. The molecule has 7 atom stereocenters. The van der Waals surface area contributed by atoms with Crippen LogP contribution >= 0.6 is 0 Å². The van der Waals surface area contributed by atoms with Crippen LogP contribution in [-0.4, -0.2) is 87.5 Å². The van der Waals surface area contributed by atoms with E-state index in [2.05, 4.69) is 19.2 Å². The number of aliphatic hydroxyl groups excluding tert-OH is 5. The summed E-state index contributed by atoms with van der Waals surface area (Å²) >= 11 is 0. The third-order valence-corrected chi connectivity index (χ3v) is 10.4. The minimum atomic E-state index is -1.56. The van der Waals surface area contributed by atoms with Gasteiger partial charge in [0.1, 0.15) is 24.4 Å². The van der Waals surface area contributed by atoms with Gasteiger partial charge in [0.25, 0.3) is 0 Å². The maximum absolute atomic E-state index is 12.9. The molecule has 1 fully saturated rings. The highest BCUT2D eigenvalue weighted by Gasteiger charge is 2.44. The van der Waals surface area contributed by atoms with E-state index in [0.717, 1.165) is 38.5 Å². The Balaban J connectivity index is 2.39. The molecule has 0 spiro atoms. The Kier molecular flexibility index (Phi) is 31.5. The number of rotatable bonds is 35. The zero-order valence-electron chi connectivity index (χ0n) is 32.9. The van der Waals surface area contributed by atoms with Crippen LogP contribution in [0.4, 0.5) is 0 Å². The molecular formula is C42H81NO8. The summed E-state index contributed by atoms with van der Waals surface area (Å²) in [4.78, 5) is 12.9. The number of carbonyl (C=O) groups is 1. The summed E-state index contributed by atoms with van der Waals surface area (Å²) in [5.74, 6) is -0.176. The quantitative estimate of drug-likeness (QED) is 0.0283. The van der Waals surface area contributed by atoms with Crippen LogP contribution < -0.4 is 5.32 Å². The SMILES string of the molecule is CCCCCCCCCCCCC/C=C/[C@@H](O)[C@H](CO[C@H]1O[C@H](CO)[C@@H](O)[C@H](O)[C@H]1O)NC(=O)CCCCCCCCCCCCCCCCC. The molecule has 1 saturated heterocycles. The van der Waals surface area contributed by atoms with Crippen LogP contribution in [0.15, 0.2) is 12.2 Å². The van der Waals surface area contributed by atoms with Gasteiger partial charge in [-0.3, -0.25) is 4.79 Å². The second-order valence-electron chi connectivity index (χ2n) is 15.1. The van der Waals surface area contributed by atoms with Crippen molar-refractivity contribution >= 4 is 5.91 Å². The smallest absolute Gasteiger partial charge is 0.220 e. The molecule has 51 heavy (non-hydrogen) atoms. The Labute approximate surface area is 312 Å². The third kappa shape index (κ3) is 24.8. The van der Waals surface area contributed by atoms with Gasteiger partial charge in [0.15, 0.2) is 6.29 Å². The molecule has 0 aromatic heterocycles. The van der Waals surface area contributed by atoms with Gasteiger partial charge in [-0.2, -0.15) is 0 Å². The summed E-state index contributed by atoms with van der Waals surface area (Å²) < 4.78 is 11.2. The summed E-state index contributed by atoms with van der Waals surface area (Å²) in [7, 11) is 0. The summed E-state index contributed by atoms with van der Waals surface area (Å²) in [6.07, 6.45) is 29.6. The third-order valence-electron chi connectivity index (χ3n) is 10.4. The molecule has 1 rings (SSSR count). The first-order valence-electron chi connectivity index (χ1n) is 21.4. The Morgan fingerprint density at radius 2 is 1.08 bits per heavy atom. The van der Waals surface area contributed by atoms with Gasteiger partial charge in [0.05, 0.1) is 25.4 Å². The first-order valence-corrected chi connectivity index (χ1v) is 21.4. The molecule has 9 heteroatoms. The van der Waals surface area contributed by atoms with Gasteiger partial charge in [-0.1, -0.05) is 180 Å². The van der Waals surface area contributed by atoms with Crippen LogP contribution in [0.5, 0.6) is 0 Å². The van der Waals surface area contributed by atoms with E-state index in [0.29, 0.717) is 6.42 Å². The van der Waals surface area contributed by atoms with Gasteiger partial charge in [0.2, 0.25) is 5.91 Å². The van der Waals surface area contributed by atoms with Crippen LogP contribution in [0.2, 0.25) is 0 Å². The van der Waals surface area contributed by atoms with Crippen molar-refractivity contribution in [2.45, 2.75) is 236 Å². The Bertz CT molecular complexity index is 812. The summed E-state index contributed by atoms with van der Waals surface area (Å²) in [5.41, 5.74) is 0. The second-order valence-corrected chi connectivity index (χ2v) is 15.1. The molecule has 1 amide bonds. The fraction of sp³-hybridized carbons (Fsp3) is 0.929. The van der Waals surface area contributed by atoms with Crippen molar-refractivity contribution in [1.29, 1.82) is 0 Å². The minimum absolute atomic E-state index is 0.176. The van der Waals surface area contributed by atoms with Crippen molar-refractivity contribution in [2.75, 3.05) is 13.2 Å². The van der Waals surface area contributed by atoms with Gasteiger partial charge in [-0.25, -0.2) is 0 Å². The van der Waals surface area contributed by atoms with Crippen LogP contribution in [0.1, 0.15) is 194 Å².